The molecule has 0 spiro atoms. The van der Waals surface area contributed by atoms with Gasteiger partial charge in [-0.2, -0.15) is 0 Å². The maximum absolute atomic E-state index is 12.7. The lowest BCUT2D eigenvalue weighted by atomic mass is 9.94. The highest BCUT2D eigenvalue weighted by Crippen LogP contribution is 2.35. The highest BCUT2D eigenvalue weighted by atomic mass is 35.5. The van der Waals surface area contributed by atoms with Crippen molar-refractivity contribution in [3.63, 3.8) is 0 Å². The van der Waals surface area contributed by atoms with Gasteiger partial charge in [-0.15, -0.1) is 0 Å². The van der Waals surface area contributed by atoms with E-state index >= 15 is 0 Å². The lowest BCUT2D eigenvalue weighted by Crippen LogP contribution is -2.48. The molecule has 1 amide bonds. The summed E-state index contributed by atoms with van der Waals surface area (Å²) in [7, 11) is 3.26. The molecule has 3 fully saturated rings. The number of fused-ring (bicyclic) bond motifs is 4. The molecule has 2 atom stereocenters. The fraction of sp³-hybridized carbons (Fsp3) is 0.632. The second-order valence-corrected chi connectivity index (χ2v) is 7.36. The smallest absolute Gasteiger partial charge is 0.227 e. The van der Waals surface area contributed by atoms with E-state index in [4.69, 9.17) is 21.1 Å². The van der Waals surface area contributed by atoms with E-state index in [0.29, 0.717) is 22.7 Å². The van der Waals surface area contributed by atoms with Crippen molar-refractivity contribution in [2.24, 2.45) is 5.92 Å². The molecule has 2 bridgehead atoms. The zero-order valence-electron chi connectivity index (χ0n) is 15.3. The Balaban J connectivity index is 1.80. The summed E-state index contributed by atoms with van der Waals surface area (Å²) in [6.45, 7) is 5.45. The molecule has 0 unspecified atom stereocenters. The van der Waals surface area contributed by atoms with E-state index in [1.54, 1.807) is 14.2 Å². The number of methoxy groups -OCH3 is 2. The molecule has 0 saturated carbocycles. The quantitative estimate of drug-likeness (QED) is 0.775. The van der Waals surface area contributed by atoms with Gasteiger partial charge in [0.05, 0.1) is 25.2 Å². The average Bonchev–Trinajstić information content (AvgIpc) is 2.87. The van der Waals surface area contributed by atoms with Crippen LogP contribution in [0.4, 0.5) is 0 Å². The van der Waals surface area contributed by atoms with Crippen LogP contribution < -0.4 is 9.47 Å². The van der Waals surface area contributed by atoms with Crippen molar-refractivity contribution in [2.75, 3.05) is 33.9 Å². The van der Waals surface area contributed by atoms with Gasteiger partial charge in [0, 0.05) is 43.9 Å². The lowest BCUT2D eigenvalue weighted by Gasteiger charge is -2.35. The number of benzene rings is 1. The average molecular weight is 367 g/mol. The summed E-state index contributed by atoms with van der Waals surface area (Å²) >= 11 is 6.30. The Morgan fingerprint density at radius 1 is 1.16 bits per heavy atom. The number of amides is 1. The summed E-state index contributed by atoms with van der Waals surface area (Å²) in [4.78, 5) is 17.2. The van der Waals surface area contributed by atoms with Crippen LogP contribution in [0.15, 0.2) is 12.1 Å². The maximum atomic E-state index is 12.7. The fourth-order valence-corrected chi connectivity index (χ4v) is 4.34. The minimum atomic E-state index is 0.116. The largest absolute Gasteiger partial charge is 0.496 e. The normalized spacial score (nSPS) is 23.7. The van der Waals surface area contributed by atoms with Gasteiger partial charge in [-0.25, -0.2) is 0 Å². The molecule has 1 aromatic carbocycles. The molecule has 5 nitrogen and oxygen atoms in total. The molecule has 25 heavy (non-hydrogen) atoms. The summed E-state index contributed by atoms with van der Waals surface area (Å²) < 4.78 is 10.8. The number of halogens is 1. The lowest BCUT2D eigenvalue weighted by molar-refractivity contribution is -0.139. The second kappa shape index (κ2) is 7.83. The first kappa shape index (κ1) is 18.3. The van der Waals surface area contributed by atoms with Crippen molar-refractivity contribution in [3.8, 4) is 11.5 Å². The van der Waals surface area contributed by atoms with Crippen LogP contribution in [0.1, 0.15) is 31.7 Å². The molecule has 3 heterocycles. The third-order valence-corrected chi connectivity index (χ3v) is 5.58. The van der Waals surface area contributed by atoms with Crippen LogP contribution in [-0.4, -0.2) is 55.6 Å². The van der Waals surface area contributed by atoms with Gasteiger partial charge in [-0.1, -0.05) is 18.5 Å². The summed E-state index contributed by atoms with van der Waals surface area (Å²) in [5.41, 5.74) is 1.03. The molecule has 0 aliphatic carbocycles. The monoisotopic (exact) mass is 366 g/mol. The van der Waals surface area contributed by atoms with Crippen LogP contribution in [0.3, 0.4) is 0 Å². The van der Waals surface area contributed by atoms with Gasteiger partial charge < -0.3 is 14.4 Å². The third-order valence-electron chi connectivity index (χ3n) is 5.28. The standard InChI is InChI=1S/C19H27ClN2O3/c1-4-7-22-15-6-5-13(19(22)23)10-21(12-15)11-14-8-16(20)18(25-3)9-17(14)24-2/h8-9,13,15H,4-7,10-12H2,1-3H3/t13-,15+/m0/s1. The van der Waals surface area contributed by atoms with Crippen molar-refractivity contribution in [2.45, 2.75) is 38.8 Å². The predicted molar refractivity (Wildman–Crippen MR) is 98.3 cm³/mol. The minimum absolute atomic E-state index is 0.116. The Bertz CT molecular complexity index is 637. The van der Waals surface area contributed by atoms with Gasteiger partial charge in [-0.3, -0.25) is 9.69 Å². The molecule has 3 aliphatic rings. The van der Waals surface area contributed by atoms with Crippen molar-refractivity contribution < 1.29 is 14.3 Å². The molecule has 3 saturated heterocycles. The van der Waals surface area contributed by atoms with Gasteiger partial charge in [0.1, 0.15) is 11.5 Å². The molecule has 0 N–H and O–H groups in total. The zero-order chi connectivity index (χ0) is 18.0. The Kier molecular flexibility index (Phi) is 5.74. The van der Waals surface area contributed by atoms with Gasteiger partial charge >= 0.3 is 0 Å². The van der Waals surface area contributed by atoms with Crippen LogP contribution in [-0.2, 0) is 11.3 Å². The summed E-state index contributed by atoms with van der Waals surface area (Å²) in [5, 5.41) is 0.583. The van der Waals surface area contributed by atoms with E-state index in [2.05, 4.69) is 16.7 Å². The third kappa shape index (κ3) is 3.72. The molecule has 138 valence electrons. The molecular formula is C19H27ClN2O3. The van der Waals surface area contributed by atoms with Gasteiger partial charge in [0.25, 0.3) is 0 Å². The van der Waals surface area contributed by atoms with E-state index in [9.17, 15) is 4.79 Å². The van der Waals surface area contributed by atoms with E-state index in [-0.39, 0.29) is 5.92 Å². The van der Waals surface area contributed by atoms with Gasteiger partial charge in [-0.05, 0) is 25.3 Å². The minimum Gasteiger partial charge on any atom is -0.496 e. The first-order chi connectivity index (χ1) is 12.1. The first-order valence-electron chi connectivity index (χ1n) is 9.00. The topological polar surface area (TPSA) is 42.0 Å². The van der Waals surface area contributed by atoms with Crippen LogP contribution >= 0.6 is 11.6 Å². The highest BCUT2D eigenvalue weighted by Gasteiger charge is 2.40. The van der Waals surface area contributed by atoms with Crippen LogP contribution in [0.5, 0.6) is 11.5 Å². The maximum Gasteiger partial charge on any atom is 0.227 e. The van der Waals surface area contributed by atoms with E-state index in [1.807, 2.05) is 12.1 Å². The number of carbonyl (C=O) groups excluding carboxylic acids is 1. The predicted octanol–water partition coefficient (Wildman–Crippen LogP) is 3.19. The Morgan fingerprint density at radius 3 is 2.60 bits per heavy atom. The molecular weight excluding hydrogens is 340 g/mol. The van der Waals surface area contributed by atoms with E-state index < -0.39 is 0 Å². The number of carbonyl (C=O) groups is 1. The molecule has 0 radical (unpaired) electrons. The number of piperidine rings is 1. The van der Waals surface area contributed by atoms with Crippen LogP contribution in [0, 0.1) is 5.92 Å². The van der Waals surface area contributed by atoms with Crippen molar-refractivity contribution in [1.29, 1.82) is 0 Å². The molecule has 1 aromatic rings. The molecule has 3 aliphatic heterocycles. The van der Waals surface area contributed by atoms with Crippen molar-refractivity contribution >= 4 is 17.5 Å². The number of ether oxygens (including phenoxy) is 2. The first-order valence-corrected chi connectivity index (χ1v) is 9.38. The summed E-state index contributed by atoms with van der Waals surface area (Å²) in [6.07, 6.45) is 3.12. The number of hydrogen-bond donors (Lipinski definition) is 0. The van der Waals surface area contributed by atoms with Gasteiger partial charge in [0.15, 0.2) is 0 Å². The fourth-order valence-electron chi connectivity index (χ4n) is 4.08. The van der Waals surface area contributed by atoms with E-state index in [1.165, 1.54) is 0 Å². The van der Waals surface area contributed by atoms with Crippen LogP contribution in [0.2, 0.25) is 5.02 Å². The Labute approximate surface area is 154 Å². The van der Waals surface area contributed by atoms with Crippen LogP contribution in [0.25, 0.3) is 0 Å². The molecule has 6 heteroatoms. The number of nitrogens with zero attached hydrogens (tertiary/aromatic N) is 2. The van der Waals surface area contributed by atoms with E-state index in [0.717, 1.165) is 56.8 Å². The summed E-state index contributed by atoms with van der Waals surface area (Å²) in [6, 6.07) is 4.07. The van der Waals surface area contributed by atoms with Gasteiger partial charge in [0.2, 0.25) is 5.91 Å². The molecule has 0 aromatic heterocycles. The van der Waals surface area contributed by atoms with Crippen molar-refractivity contribution in [1.82, 2.24) is 9.80 Å². The Morgan fingerprint density at radius 2 is 1.92 bits per heavy atom. The Hall–Kier alpha value is -1.46. The second-order valence-electron chi connectivity index (χ2n) is 6.95. The molecule has 4 rings (SSSR count). The highest BCUT2D eigenvalue weighted by molar-refractivity contribution is 6.32. The zero-order valence-corrected chi connectivity index (χ0v) is 16.0. The summed E-state index contributed by atoms with van der Waals surface area (Å²) in [5.74, 6) is 1.84. The number of rotatable bonds is 6. The van der Waals surface area contributed by atoms with Crippen molar-refractivity contribution in [3.05, 3.63) is 22.7 Å². The SMILES string of the molecule is CCCN1C(=O)[C@H]2CC[C@@H]1CN(Cc1cc(Cl)c(OC)cc1OC)C2. The number of hydrogen-bond acceptors (Lipinski definition) is 4.